The first-order valence-electron chi connectivity index (χ1n) is 4.98. The number of fused-ring (bicyclic) bond motifs is 3. The number of hydrogen-bond acceptors (Lipinski definition) is 2. The summed E-state index contributed by atoms with van der Waals surface area (Å²) < 4.78 is 5.73. The molecule has 0 amide bonds. The van der Waals surface area contributed by atoms with E-state index in [0.717, 1.165) is 22.0 Å². The summed E-state index contributed by atoms with van der Waals surface area (Å²) in [6.07, 6.45) is 15.8. The smallest absolute Gasteiger partial charge is 0.135 e. The Bertz CT molecular complexity index is 599. The van der Waals surface area contributed by atoms with Gasteiger partial charge >= 0.3 is 0 Å². The third-order valence-electron chi connectivity index (χ3n) is 2.67. The molecule has 74 valence electrons. The maximum Gasteiger partial charge on any atom is 0.135 e. The summed E-state index contributed by atoms with van der Waals surface area (Å²) in [5, 5.41) is 0. The van der Waals surface area contributed by atoms with Crippen molar-refractivity contribution in [2.75, 3.05) is 0 Å². The standard InChI is InChI=1S/C13H11NO/c14-10-6-4-8-12-13(10)9-5-2-1-3-7-11(9)15-12/h1-8,10H,14H2. The summed E-state index contributed by atoms with van der Waals surface area (Å²) in [5.41, 5.74) is 9.99. The lowest BCUT2D eigenvalue weighted by Crippen LogP contribution is -2.18. The molecule has 1 heterocycles. The number of hydrogen-bond donors (Lipinski definition) is 1. The molecule has 15 heavy (non-hydrogen) atoms. The quantitative estimate of drug-likeness (QED) is 0.673. The van der Waals surface area contributed by atoms with Crippen LogP contribution in [0.2, 0.25) is 0 Å². The molecular formula is C13H11NO. The molecule has 0 bridgehead atoms. The van der Waals surface area contributed by atoms with Gasteiger partial charge < -0.3 is 10.2 Å². The van der Waals surface area contributed by atoms with Crippen LogP contribution in [0.15, 0.2) is 34.8 Å². The molecule has 0 aromatic carbocycles. The van der Waals surface area contributed by atoms with Gasteiger partial charge in [-0.1, -0.05) is 36.5 Å². The van der Waals surface area contributed by atoms with E-state index in [1.165, 1.54) is 0 Å². The van der Waals surface area contributed by atoms with E-state index in [9.17, 15) is 0 Å². The molecule has 2 aliphatic rings. The maximum atomic E-state index is 6.03. The molecule has 0 saturated carbocycles. The van der Waals surface area contributed by atoms with Gasteiger partial charge in [-0.05, 0) is 12.2 Å². The van der Waals surface area contributed by atoms with Gasteiger partial charge in [0.05, 0.1) is 6.04 Å². The fourth-order valence-corrected chi connectivity index (χ4v) is 1.97. The minimum absolute atomic E-state index is 0.0614. The van der Waals surface area contributed by atoms with E-state index < -0.39 is 0 Å². The molecule has 1 aromatic heterocycles. The van der Waals surface area contributed by atoms with Crippen LogP contribution in [-0.2, 0) is 0 Å². The topological polar surface area (TPSA) is 39.2 Å². The minimum atomic E-state index is -0.0614. The van der Waals surface area contributed by atoms with E-state index in [1.54, 1.807) is 0 Å². The summed E-state index contributed by atoms with van der Waals surface area (Å²) in [6.45, 7) is 0. The molecule has 0 saturated heterocycles. The van der Waals surface area contributed by atoms with E-state index in [0.29, 0.717) is 0 Å². The van der Waals surface area contributed by atoms with Crippen LogP contribution in [0, 0.1) is 0 Å². The van der Waals surface area contributed by atoms with E-state index in [4.69, 9.17) is 10.2 Å². The third kappa shape index (κ3) is 1.22. The van der Waals surface area contributed by atoms with Gasteiger partial charge in [0.25, 0.3) is 0 Å². The summed E-state index contributed by atoms with van der Waals surface area (Å²) in [7, 11) is 0. The summed E-state index contributed by atoms with van der Waals surface area (Å²) in [6, 6.07) is -0.0614. The van der Waals surface area contributed by atoms with Crippen molar-refractivity contribution in [1.29, 1.82) is 0 Å². The van der Waals surface area contributed by atoms with Crippen molar-refractivity contribution in [3.05, 3.63) is 52.3 Å². The number of allylic oxidation sites excluding steroid dienone is 4. The molecule has 2 heteroatoms. The van der Waals surface area contributed by atoms with Crippen molar-refractivity contribution in [2.24, 2.45) is 5.73 Å². The van der Waals surface area contributed by atoms with Crippen molar-refractivity contribution in [3.63, 3.8) is 0 Å². The van der Waals surface area contributed by atoms with Crippen LogP contribution in [0.4, 0.5) is 0 Å². The Morgan fingerprint density at radius 3 is 2.80 bits per heavy atom. The Hall–Kier alpha value is -1.80. The maximum absolute atomic E-state index is 6.03. The third-order valence-corrected chi connectivity index (χ3v) is 2.67. The number of furan rings is 1. The molecule has 1 unspecified atom stereocenters. The summed E-state index contributed by atoms with van der Waals surface area (Å²) in [5.74, 6) is 0. The van der Waals surface area contributed by atoms with Crippen LogP contribution in [0.1, 0.15) is 17.2 Å². The molecular weight excluding hydrogens is 186 g/mol. The number of rotatable bonds is 0. The van der Waals surface area contributed by atoms with Crippen molar-refractivity contribution >= 4 is 18.2 Å². The average molecular weight is 197 g/mol. The second kappa shape index (κ2) is 3.11. The molecule has 2 nitrogen and oxygen atoms in total. The van der Waals surface area contributed by atoms with Crippen LogP contribution in [-0.4, -0.2) is 0 Å². The monoisotopic (exact) mass is 197 g/mol. The molecule has 2 aliphatic carbocycles. The average Bonchev–Trinajstić information content (AvgIpc) is 2.43. The van der Waals surface area contributed by atoms with Crippen molar-refractivity contribution in [3.8, 4) is 0 Å². The predicted octanol–water partition coefficient (Wildman–Crippen LogP) is 0.993. The van der Waals surface area contributed by atoms with Gasteiger partial charge in [0.2, 0.25) is 0 Å². The van der Waals surface area contributed by atoms with Gasteiger partial charge in [-0.3, -0.25) is 0 Å². The molecule has 1 atom stereocenters. The predicted molar refractivity (Wildman–Crippen MR) is 61.1 cm³/mol. The fourth-order valence-electron chi connectivity index (χ4n) is 1.97. The minimum Gasteiger partial charge on any atom is -0.456 e. The Kier molecular flexibility index (Phi) is 1.76. The second-order valence-electron chi connectivity index (χ2n) is 3.65. The van der Waals surface area contributed by atoms with Gasteiger partial charge in [0, 0.05) is 11.1 Å². The lowest BCUT2D eigenvalue weighted by atomic mass is 10.0. The molecule has 1 aromatic rings. The molecule has 0 radical (unpaired) electrons. The van der Waals surface area contributed by atoms with Gasteiger partial charge in [-0.25, -0.2) is 0 Å². The highest BCUT2D eigenvalue weighted by Crippen LogP contribution is 2.16. The van der Waals surface area contributed by atoms with E-state index >= 15 is 0 Å². The number of nitrogens with two attached hydrogens (primary N) is 1. The molecule has 3 rings (SSSR count). The van der Waals surface area contributed by atoms with Crippen LogP contribution >= 0.6 is 0 Å². The van der Waals surface area contributed by atoms with E-state index in [1.807, 2.05) is 48.6 Å². The van der Waals surface area contributed by atoms with Crippen LogP contribution < -0.4 is 16.6 Å². The molecule has 0 fully saturated rings. The Labute approximate surface area is 87.4 Å². The van der Waals surface area contributed by atoms with Crippen LogP contribution in [0.25, 0.3) is 18.2 Å². The summed E-state index contributed by atoms with van der Waals surface area (Å²) in [4.78, 5) is 0. The first kappa shape index (κ1) is 8.50. The van der Waals surface area contributed by atoms with Crippen LogP contribution in [0.5, 0.6) is 0 Å². The highest BCUT2D eigenvalue weighted by atomic mass is 16.3. The van der Waals surface area contributed by atoms with E-state index in [2.05, 4.69) is 0 Å². The first-order valence-corrected chi connectivity index (χ1v) is 4.98. The second-order valence-corrected chi connectivity index (χ2v) is 3.65. The highest BCUT2D eigenvalue weighted by Gasteiger charge is 2.16. The van der Waals surface area contributed by atoms with E-state index in [-0.39, 0.29) is 6.04 Å². The Morgan fingerprint density at radius 2 is 1.87 bits per heavy atom. The largest absolute Gasteiger partial charge is 0.456 e. The van der Waals surface area contributed by atoms with Crippen molar-refractivity contribution < 1.29 is 4.42 Å². The van der Waals surface area contributed by atoms with Crippen molar-refractivity contribution in [2.45, 2.75) is 6.04 Å². The van der Waals surface area contributed by atoms with Crippen LogP contribution in [0.3, 0.4) is 0 Å². The lowest BCUT2D eigenvalue weighted by Gasteiger charge is -2.07. The zero-order valence-corrected chi connectivity index (χ0v) is 8.18. The first-order chi connectivity index (χ1) is 7.36. The fraction of sp³-hybridized carbons (Fsp3) is 0.0769. The van der Waals surface area contributed by atoms with Gasteiger partial charge in [0.15, 0.2) is 0 Å². The zero-order chi connectivity index (χ0) is 10.3. The lowest BCUT2D eigenvalue weighted by molar-refractivity contribution is 0.496. The molecule has 2 N–H and O–H groups in total. The Balaban J connectivity index is 2.40. The van der Waals surface area contributed by atoms with Gasteiger partial charge in [-0.2, -0.15) is 0 Å². The van der Waals surface area contributed by atoms with Gasteiger partial charge in [-0.15, -0.1) is 0 Å². The normalized spacial score (nSPS) is 21.3. The highest BCUT2D eigenvalue weighted by molar-refractivity contribution is 5.63. The van der Waals surface area contributed by atoms with Gasteiger partial charge in [0.1, 0.15) is 10.8 Å². The summed E-state index contributed by atoms with van der Waals surface area (Å²) >= 11 is 0. The molecule has 0 aliphatic heterocycles. The Morgan fingerprint density at radius 1 is 1.00 bits per heavy atom. The van der Waals surface area contributed by atoms with Crippen molar-refractivity contribution in [1.82, 2.24) is 0 Å². The zero-order valence-electron chi connectivity index (χ0n) is 8.18. The molecule has 0 spiro atoms. The SMILES string of the molecule is NC1C=CC=c2oc3c(c21)C=CC=CC=3.